The smallest absolute Gasteiger partial charge is 0.416 e. The fraction of sp³-hybridized carbons (Fsp3) is 0.409. The number of hydrogen-bond acceptors (Lipinski definition) is 8. The fourth-order valence-electron chi connectivity index (χ4n) is 3.81. The highest BCUT2D eigenvalue weighted by molar-refractivity contribution is 5.91. The Morgan fingerprint density at radius 2 is 1.94 bits per heavy atom. The van der Waals surface area contributed by atoms with Crippen molar-refractivity contribution in [2.24, 2.45) is 0 Å². The van der Waals surface area contributed by atoms with E-state index in [2.05, 4.69) is 25.2 Å². The summed E-state index contributed by atoms with van der Waals surface area (Å²) in [7, 11) is 0. The molecule has 0 saturated carbocycles. The van der Waals surface area contributed by atoms with Crippen LogP contribution in [0.5, 0.6) is 6.01 Å². The molecule has 1 aliphatic heterocycles. The van der Waals surface area contributed by atoms with Crippen molar-refractivity contribution in [2.45, 2.75) is 32.0 Å². The van der Waals surface area contributed by atoms with Gasteiger partial charge in [0.1, 0.15) is 18.2 Å². The Bertz CT molecular complexity index is 1140. The molecule has 4 rings (SSSR count). The van der Waals surface area contributed by atoms with Crippen molar-refractivity contribution in [3.8, 4) is 6.01 Å². The molecular formula is C22H25F3N6O2. The van der Waals surface area contributed by atoms with Gasteiger partial charge in [-0.1, -0.05) is 0 Å². The summed E-state index contributed by atoms with van der Waals surface area (Å²) in [5.74, 6) is 1.17. The molecular weight excluding hydrogens is 437 g/mol. The minimum absolute atomic E-state index is 0.00392. The molecule has 4 N–H and O–H groups in total. The zero-order chi connectivity index (χ0) is 23.6. The predicted molar refractivity (Wildman–Crippen MR) is 119 cm³/mol. The molecule has 1 saturated heterocycles. The number of aromatic nitrogens is 3. The Balaban J connectivity index is 1.72. The summed E-state index contributed by atoms with van der Waals surface area (Å²) in [6.07, 6.45) is -0.714. The second kappa shape index (κ2) is 9.26. The topological polar surface area (TPSA) is 109 Å². The minimum atomic E-state index is -4.51. The van der Waals surface area contributed by atoms with Crippen molar-refractivity contribution >= 4 is 28.2 Å². The minimum Gasteiger partial charge on any atom is -0.461 e. The number of hydrogen-bond donors (Lipinski definition) is 3. The molecule has 1 aromatic carbocycles. The van der Waals surface area contributed by atoms with Crippen LogP contribution in [0.3, 0.4) is 0 Å². The molecule has 0 amide bonds. The Morgan fingerprint density at radius 1 is 1.18 bits per heavy atom. The van der Waals surface area contributed by atoms with Crippen molar-refractivity contribution in [1.82, 2.24) is 15.0 Å². The van der Waals surface area contributed by atoms with Gasteiger partial charge in [-0.25, -0.2) is 4.98 Å². The first kappa shape index (κ1) is 22.8. The van der Waals surface area contributed by atoms with Crippen LogP contribution in [-0.4, -0.2) is 46.4 Å². The molecule has 0 radical (unpaired) electrons. The highest BCUT2D eigenvalue weighted by Crippen LogP contribution is 2.34. The second-order valence-electron chi connectivity index (χ2n) is 7.93. The number of nitrogens with zero attached hydrogens (tertiary/aromatic N) is 4. The van der Waals surface area contributed by atoms with Gasteiger partial charge in [0, 0.05) is 24.2 Å². The van der Waals surface area contributed by atoms with Crippen molar-refractivity contribution < 1.29 is 23.0 Å². The molecule has 0 bridgehead atoms. The first-order valence-corrected chi connectivity index (χ1v) is 10.6. The van der Waals surface area contributed by atoms with Gasteiger partial charge in [0.15, 0.2) is 0 Å². The number of pyridine rings is 1. The third-order valence-electron chi connectivity index (χ3n) is 5.46. The van der Waals surface area contributed by atoms with Crippen molar-refractivity contribution in [3.05, 3.63) is 41.6 Å². The third kappa shape index (κ3) is 5.19. The highest BCUT2D eigenvalue weighted by atomic mass is 19.4. The SMILES string of the molecule is C[C@@H](Nc1nc(OCCO)nc2cnc(N3CCCC3)cc12)c1cc(N)cc(C(F)(F)F)c1. The number of nitrogen functional groups attached to an aromatic ring is 1. The Hall–Kier alpha value is -3.34. The average molecular weight is 462 g/mol. The van der Waals surface area contributed by atoms with E-state index in [0.717, 1.165) is 43.9 Å². The van der Waals surface area contributed by atoms with Gasteiger partial charge in [-0.3, -0.25) is 0 Å². The quantitative estimate of drug-likeness (QED) is 0.456. The second-order valence-corrected chi connectivity index (χ2v) is 7.93. The molecule has 1 fully saturated rings. The fourth-order valence-corrected chi connectivity index (χ4v) is 3.81. The van der Waals surface area contributed by atoms with E-state index in [9.17, 15) is 13.2 Å². The average Bonchev–Trinajstić information content (AvgIpc) is 3.31. The van der Waals surface area contributed by atoms with E-state index < -0.39 is 17.8 Å². The number of nitrogens with two attached hydrogens (primary N) is 1. The summed E-state index contributed by atoms with van der Waals surface area (Å²) in [5.41, 5.74) is 5.82. The molecule has 2 aromatic heterocycles. The van der Waals surface area contributed by atoms with Crippen molar-refractivity contribution in [1.29, 1.82) is 0 Å². The summed E-state index contributed by atoms with van der Waals surface area (Å²) >= 11 is 0. The van der Waals surface area contributed by atoms with Crippen molar-refractivity contribution in [2.75, 3.05) is 42.3 Å². The van der Waals surface area contributed by atoms with Crippen LogP contribution in [0.2, 0.25) is 0 Å². The monoisotopic (exact) mass is 462 g/mol. The molecule has 0 unspecified atom stereocenters. The van der Waals surface area contributed by atoms with Crippen LogP contribution in [0.15, 0.2) is 30.5 Å². The van der Waals surface area contributed by atoms with E-state index >= 15 is 0 Å². The first-order valence-electron chi connectivity index (χ1n) is 10.6. The number of benzene rings is 1. The Labute approximate surface area is 188 Å². The third-order valence-corrected chi connectivity index (χ3v) is 5.46. The Kier molecular flexibility index (Phi) is 6.41. The van der Waals surface area contributed by atoms with E-state index in [-0.39, 0.29) is 24.9 Å². The van der Waals surface area contributed by atoms with Gasteiger partial charge < -0.3 is 25.8 Å². The zero-order valence-electron chi connectivity index (χ0n) is 18.1. The molecule has 0 aliphatic carbocycles. The zero-order valence-corrected chi connectivity index (χ0v) is 18.1. The maximum Gasteiger partial charge on any atom is 0.416 e. The van der Waals surface area contributed by atoms with E-state index in [1.165, 1.54) is 6.07 Å². The lowest BCUT2D eigenvalue weighted by Crippen LogP contribution is -2.19. The van der Waals surface area contributed by atoms with Crippen LogP contribution >= 0.6 is 0 Å². The first-order chi connectivity index (χ1) is 15.7. The summed E-state index contributed by atoms with van der Waals surface area (Å²) in [4.78, 5) is 15.4. The van der Waals surface area contributed by atoms with Gasteiger partial charge >= 0.3 is 12.2 Å². The van der Waals surface area contributed by atoms with Gasteiger partial charge in [-0.15, -0.1) is 0 Å². The number of aliphatic hydroxyl groups excluding tert-OH is 1. The van der Waals surface area contributed by atoms with Crippen LogP contribution in [-0.2, 0) is 6.18 Å². The van der Waals surface area contributed by atoms with Gasteiger partial charge in [0.05, 0.1) is 29.9 Å². The number of fused-ring (bicyclic) bond motifs is 1. The van der Waals surface area contributed by atoms with E-state index in [1.807, 2.05) is 6.07 Å². The number of rotatable bonds is 7. The van der Waals surface area contributed by atoms with E-state index in [1.54, 1.807) is 13.1 Å². The number of halogens is 3. The molecule has 3 aromatic rings. The number of anilines is 3. The molecule has 1 aliphatic rings. The Morgan fingerprint density at radius 3 is 2.64 bits per heavy atom. The maximum atomic E-state index is 13.3. The standard InChI is InChI=1S/C22H25F3N6O2/c1-13(14-8-15(22(23,24)25)10-16(26)9-14)28-20-17-11-19(31-4-2-3-5-31)27-12-18(17)29-21(30-20)33-7-6-32/h8-13,32H,2-7,26H2,1H3,(H,28,29,30)/t13-/m1/s1. The van der Waals surface area contributed by atoms with E-state index in [0.29, 0.717) is 22.3 Å². The van der Waals surface area contributed by atoms with Crippen LogP contribution in [0.4, 0.5) is 30.5 Å². The van der Waals surface area contributed by atoms with Gasteiger partial charge in [0.2, 0.25) is 0 Å². The molecule has 0 spiro atoms. The van der Waals surface area contributed by atoms with Crippen molar-refractivity contribution in [3.63, 3.8) is 0 Å². The maximum absolute atomic E-state index is 13.3. The van der Waals surface area contributed by atoms with Gasteiger partial charge in [-0.05, 0) is 49.6 Å². The number of ether oxygens (including phenoxy) is 1. The normalized spacial score (nSPS) is 15.1. The molecule has 8 nitrogen and oxygen atoms in total. The highest BCUT2D eigenvalue weighted by Gasteiger charge is 2.31. The lowest BCUT2D eigenvalue weighted by Gasteiger charge is -2.20. The molecule has 33 heavy (non-hydrogen) atoms. The van der Waals surface area contributed by atoms with Gasteiger partial charge in [0.25, 0.3) is 0 Å². The van der Waals surface area contributed by atoms with Crippen LogP contribution in [0.25, 0.3) is 10.9 Å². The lowest BCUT2D eigenvalue weighted by atomic mass is 10.0. The number of alkyl halides is 3. The predicted octanol–water partition coefficient (Wildman–Crippen LogP) is 3.77. The summed E-state index contributed by atoms with van der Waals surface area (Å²) < 4.78 is 45.2. The van der Waals surface area contributed by atoms with E-state index in [4.69, 9.17) is 15.6 Å². The van der Waals surface area contributed by atoms with Gasteiger partial charge in [-0.2, -0.15) is 23.1 Å². The van der Waals surface area contributed by atoms with Crippen LogP contribution in [0.1, 0.15) is 36.9 Å². The molecule has 176 valence electrons. The number of aliphatic hydroxyl groups is 1. The summed E-state index contributed by atoms with van der Waals surface area (Å²) in [6.45, 7) is 3.32. The molecule has 3 heterocycles. The molecule has 1 atom stereocenters. The summed E-state index contributed by atoms with van der Waals surface area (Å²) in [6, 6.07) is 4.82. The largest absolute Gasteiger partial charge is 0.461 e. The molecule has 11 heteroatoms. The van der Waals surface area contributed by atoms with Crippen LogP contribution in [0, 0.1) is 0 Å². The lowest BCUT2D eigenvalue weighted by molar-refractivity contribution is -0.137. The summed E-state index contributed by atoms with van der Waals surface area (Å²) in [5, 5.41) is 12.9. The van der Waals surface area contributed by atoms with Crippen LogP contribution < -0.4 is 20.7 Å². The number of nitrogens with one attached hydrogen (secondary N) is 1.